The zero-order valence-corrected chi connectivity index (χ0v) is 22.2. The number of aromatic amines is 1. The molecule has 40 heavy (non-hydrogen) atoms. The first kappa shape index (κ1) is 25.4. The predicted octanol–water partition coefficient (Wildman–Crippen LogP) is 4.22. The van der Waals surface area contributed by atoms with Gasteiger partial charge in [-0.2, -0.15) is 15.2 Å². The normalized spacial score (nSPS) is 14.8. The number of hydrogen-bond acceptors (Lipinski definition) is 8. The molecule has 4 aromatic heterocycles. The third kappa shape index (κ3) is 5.33. The van der Waals surface area contributed by atoms with E-state index in [0.29, 0.717) is 49.3 Å². The predicted molar refractivity (Wildman–Crippen MR) is 149 cm³/mol. The van der Waals surface area contributed by atoms with Crippen LogP contribution in [0.4, 0.5) is 22.0 Å². The van der Waals surface area contributed by atoms with E-state index in [4.69, 9.17) is 9.97 Å². The second-order valence-electron chi connectivity index (χ2n) is 10.00. The number of rotatable bonds is 7. The van der Waals surface area contributed by atoms with E-state index in [0.717, 1.165) is 28.4 Å². The smallest absolute Gasteiger partial charge is 0.227 e. The number of hydrogen-bond donors (Lipinski definition) is 3. The maximum absolute atomic E-state index is 13.2. The summed E-state index contributed by atoms with van der Waals surface area (Å²) in [6.07, 6.45) is 5.46. The van der Waals surface area contributed by atoms with E-state index in [9.17, 15) is 9.18 Å². The molecule has 204 valence electrons. The maximum Gasteiger partial charge on any atom is 0.227 e. The van der Waals surface area contributed by atoms with E-state index < -0.39 is 5.82 Å². The summed E-state index contributed by atoms with van der Waals surface area (Å²) in [5.41, 5.74) is 2.65. The highest BCUT2D eigenvalue weighted by atomic mass is 19.1. The standard InChI is InChI=1S/C28H29FN10O/c1-17-13-24(37-36-17)34-26-22-5-3-4-6-23(22)33-28(35-26)38-11-9-19(10-12-38)27(40)32-18(2)20-7-8-25(30-14-20)39-16-21(29)15-31-39/h3-8,13-16,18-19H,9-12H2,1-2H3,(H,32,40)(H2,33,34,35,36,37). The lowest BCUT2D eigenvalue weighted by Gasteiger charge is -2.32. The molecular weight excluding hydrogens is 511 g/mol. The second-order valence-corrected chi connectivity index (χ2v) is 10.00. The first-order valence-electron chi connectivity index (χ1n) is 13.2. The Hall–Kier alpha value is -4.87. The summed E-state index contributed by atoms with van der Waals surface area (Å²) in [7, 11) is 0. The van der Waals surface area contributed by atoms with E-state index in [1.807, 2.05) is 50.2 Å². The third-order valence-electron chi connectivity index (χ3n) is 7.11. The largest absolute Gasteiger partial charge is 0.349 e. The molecule has 0 radical (unpaired) electrons. The second kappa shape index (κ2) is 10.7. The molecule has 0 bridgehead atoms. The van der Waals surface area contributed by atoms with Crippen molar-refractivity contribution < 1.29 is 9.18 Å². The first-order chi connectivity index (χ1) is 19.4. The minimum atomic E-state index is -0.425. The molecule has 11 nitrogen and oxygen atoms in total. The van der Waals surface area contributed by atoms with E-state index >= 15 is 0 Å². The number of carbonyl (C=O) groups excluding carboxylic acids is 1. The van der Waals surface area contributed by atoms with Gasteiger partial charge in [-0.25, -0.2) is 19.0 Å². The van der Waals surface area contributed by atoms with Crippen molar-refractivity contribution in [2.24, 2.45) is 5.92 Å². The Labute approximate surface area is 229 Å². The Morgan fingerprint density at radius 3 is 2.65 bits per heavy atom. The average Bonchev–Trinajstić information content (AvgIpc) is 3.60. The molecule has 1 saturated heterocycles. The van der Waals surface area contributed by atoms with Crippen LogP contribution in [0.3, 0.4) is 0 Å². The Morgan fingerprint density at radius 1 is 1.12 bits per heavy atom. The van der Waals surface area contributed by atoms with Crippen molar-refractivity contribution in [1.29, 1.82) is 0 Å². The van der Waals surface area contributed by atoms with Crippen molar-refractivity contribution in [3.63, 3.8) is 0 Å². The maximum atomic E-state index is 13.2. The van der Waals surface area contributed by atoms with Crippen LogP contribution in [0.1, 0.15) is 37.1 Å². The fraction of sp³-hybridized carbons (Fsp3) is 0.286. The molecule has 12 heteroatoms. The van der Waals surface area contributed by atoms with Crippen LogP contribution in [0, 0.1) is 18.7 Å². The fourth-order valence-corrected chi connectivity index (χ4v) is 4.88. The Kier molecular flexibility index (Phi) is 6.81. The number of pyridine rings is 1. The van der Waals surface area contributed by atoms with Crippen molar-refractivity contribution in [1.82, 2.24) is 40.2 Å². The number of anilines is 3. The number of aryl methyl sites for hydroxylation is 1. The molecule has 1 unspecified atom stereocenters. The van der Waals surface area contributed by atoms with E-state index in [2.05, 4.69) is 35.8 Å². The SMILES string of the molecule is Cc1cc(Nc2nc(N3CCC(C(=O)NC(C)c4ccc(-n5cc(F)cn5)nc4)CC3)nc3ccccc23)n[nH]1. The van der Waals surface area contributed by atoms with Gasteiger partial charge in [-0.3, -0.25) is 9.89 Å². The summed E-state index contributed by atoms with van der Waals surface area (Å²) in [6, 6.07) is 13.2. The molecule has 1 amide bonds. The number of H-pyrrole nitrogens is 1. The van der Waals surface area contributed by atoms with Gasteiger partial charge in [-0.05, 0) is 50.5 Å². The van der Waals surface area contributed by atoms with E-state index in [1.165, 1.54) is 10.9 Å². The van der Waals surface area contributed by atoms with Crippen LogP contribution in [0.2, 0.25) is 0 Å². The van der Waals surface area contributed by atoms with Crippen molar-refractivity contribution in [2.45, 2.75) is 32.7 Å². The zero-order chi connectivity index (χ0) is 27.6. The van der Waals surface area contributed by atoms with Crippen LogP contribution >= 0.6 is 0 Å². The lowest BCUT2D eigenvalue weighted by atomic mass is 9.95. The summed E-state index contributed by atoms with van der Waals surface area (Å²) < 4.78 is 14.6. The Morgan fingerprint density at radius 2 is 1.95 bits per heavy atom. The number of para-hydroxylation sites is 1. The molecule has 0 saturated carbocycles. The summed E-state index contributed by atoms with van der Waals surface area (Å²) in [5, 5.41) is 18.5. The number of halogens is 1. The van der Waals surface area contributed by atoms with Crippen molar-refractivity contribution in [3.05, 3.63) is 78.1 Å². The number of nitrogens with zero attached hydrogens (tertiary/aromatic N) is 7. The molecule has 1 fully saturated rings. The molecule has 3 N–H and O–H groups in total. The minimum Gasteiger partial charge on any atom is -0.349 e. The van der Waals surface area contributed by atoms with Gasteiger partial charge in [0.15, 0.2) is 17.5 Å². The number of benzene rings is 1. The monoisotopic (exact) mass is 540 g/mol. The fourth-order valence-electron chi connectivity index (χ4n) is 4.88. The quantitative estimate of drug-likeness (QED) is 0.280. The lowest BCUT2D eigenvalue weighted by molar-refractivity contribution is -0.126. The van der Waals surface area contributed by atoms with Crippen LogP contribution < -0.4 is 15.5 Å². The third-order valence-corrected chi connectivity index (χ3v) is 7.11. The van der Waals surface area contributed by atoms with Crippen LogP contribution in [0.5, 0.6) is 0 Å². The van der Waals surface area contributed by atoms with Gasteiger partial charge in [0.1, 0.15) is 5.82 Å². The van der Waals surface area contributed by atoms with Gasteiger partial charge >= 0.3 is 0 Å². The molecule has 0 spiro atoms. The molecule has 5 heterocycles. The number of nitrogens with one attached hydrogen (secondary N) is 3. The lowest BCUT2D eigenvalue weighted by Crippen LogP contribution is -2.41. The van der Waals surface area contributed by atoms with Gasteiger partial charge < -0.3 is 15.5 Å². The molecule has 1 aliphatic rings. The topological polar surface area (TPSA) is 130 Å². The summed E-state index contributed by atoms with van der Waals surface area (Å²) in [4.78, 5) is 29.2. The van der Waals surface area contributed by atoms with E-state index in [1.54, 1.807) is 12.3 Å². The van der Waals surface area contributed by atoms with Crippen molar-refractivity contribution in [2.75, 3.05) is 23.3 Å². The molecule has 1 aromatic carbocycles. The molecule has 1 atom stereocenters. The number of aromatic nitrogens is 7. The van der Waals surface area contributed by atoms with Gasteiger partial charge in [-0.1, -0.05) is 18.2 Å². The minimum absolute atomic E-state index is 0.0149. The summed E-state index contributed by atoms with van der Waals surface area (Å²) in [5.74, 6) is 2.00. The number of piperidine rings is 1. The summed E-state index contributed by atoms with van der Waals surface area (Å²) >= 11 is 0. The molecule has 0 aliphatic carbocycles. The van der Waals surface area contributed by atoms with Gasteiger partial charge in [0, 0.05) is 42.4 Å². The molecule has 1 aliphatic heterocycles. The van der Waals surface area contributed by atoms with Crippen molar-refractivity contribution >= 4 is 34.4 Å². The average molecular weight is 541 g/mol. The molecular formula is C28H29FN10O. The van der Waals surface area contributed by atoms with Crippen LogP contribution in [0.25, 0.3) is 16.7 Å². The highest BCUT2D eigenvalue weighted by Crippen LogP contribution is 2.28. The summed E-state index contributed by atoms with van der Waals surface area (Å²) in [6.45, 7) is 5.21. The van der Waals surface area contributed by atoms with Gasteiger partial charge in [0.25, 0.3) is 0 Å². The highest BCUT2D eigenvalue weighted by molar-refractivity contribution is 5.91. The van der Waals surface area contributed by atoms with Gasteiger partial charge in [0.05, 0.1) is 24.0 Å². The van der Waals surface area contributed by atoms with Crippen LogP contribution in [-0.2, 0) is 4.79 Å². The molecule has 5 aromatic rings. The Balaban J connectivity index is 1.09. The number of fused-ring (bicyclic) bond motifs is 1. The zero-order valence-electron chi connectivity index (χ0n) is 22.2. The highest BCUT2D eigenvalue weighted by Gasteiger charge is 2.28. The van der Waals surface area contributed by atoms with Crippen LogP contribution in [0.15, 0.2) is 61.1 Å². The van der Waals surface area contributed by atoms with Crippen LogP contribution in [-0.4, -0.2) is 53.9 Å². The molecule has 6 rings (SSSR count). The Bertz CT molecular complexity index is 1640. The number of amides is 1. The van der Waals surface area contributed by atoms with Gasteiger partial charge in [0.2, 0.25) is 11.9 Å². The first-order valence-corrected chi connectivity index (χ1v) is 13.2. The van der Waals surface area contributed by atoms with Crippen molar-refractivity contribution in [3.8, 4) is 5.82 Å². The van der Waals surface area contributed by atoms with E-state index in [-0.39, 0.29) is 17.9 Å². The number of carbonyl (C=O) groups is 1. The van der Waals surface area contributed by atoms with Gasteiger partial charge in [-0.15, -0.1) is 0 Å².